The predicted molar refractivity (Wildman–Crippen MR) is 90.5 cm³/mol. The minimum absolute atomic E-state index is 0.336. The average Bonchev–Trinajstić information content (AvgIpc) is 3.16. The van der Waals surface area contributed by atoms with E-state index >= 15 is 0 Å². The summed E-state index contributed by atoms with van der Waals surface area (Å²) in [5.41, 5.74) is 2.80. The molecule has 0 aliphatic heterocycles. The molecule has 1 aliphatic carbocycles. The molecule has 6 heteroatoms. The number of fused-ring (bicyclic) bond motifs is 3. The zero-order chi connectivity index (χ0) is 15.8. The second-order valence-corrected chi connectivity index (χ2v) is 6.54. The number of carbonyl (C=O) groups is 1. The Labute approximate surface area is 137 Å². The zero-order valence-electron chi connectivity index (χ0n) is 12.6. The summed E-state index contributed by atoms with van der Waals surface area (Å²) in [5.74, 6) is 0.497. The fraction of sp³-hybridized carbons (Fsp3) is 0.235. The van der Waals surface area contributed by atoms with Crippen molar-refractivity contribution >= 4 is 39.0 Å². The van der Waals surface area contributed by atoms with Gasteiger partial charge in [0.05, 0.1) is 18.1 Å². The third-order valence-electron chi connectivity index (χ3n) is 4.07. The topological polar surface area (TPSA) is 64.1 Å². The van der Waals surface area contributed by atoms with Crippen molar-refractivity contribution < 1.29 is 9.53 Å². The molecule has 4 rings (SSSR count). The highest BCUT2D eigenvalue weighted by molar-refractivity contribution is 7.19. The first-order valence-electron chi connectivity index (χ1n) is 7.47. The number of aryl methyl sites for hydroxylation is 2. The van der Waals surface area contributed by atoms with Gasteiger partial charge in [-0.25, -0.2) is 14.8 Å². The summed E-state index contributed by atoms with van der Waals surface area (Å²) in [4.78, 5) is 22.8. The van der Waals surface area contributed by atoms with E-state index in [9.17, 15) is 4.79 Å². The molecule has 23 heavy (non-hydrogen) atoms. The SMILES string of the molecule is COC(=O)c1ccc(Nc2ncnc3sc4c(c23)CCC4)cc1. The van der Waals surface area contributed by atoms with Crippen LogP contribution in [-0.2, 0) is 17.6 Å². The van der Waals surface area contributed by atoms with Gasteiger partial charge in [0, 0.05) is 10.6 Å². The van der Waals surface area contributed by atoms with Crippen molar-refractivity contribution in [1.29, 1.82) is 0 Å². The van der Waals surface area contributed by atoms with Gasteiger partial charge in [0.2, 0.25) is 0 Å². The maximum absolute atomic E-state index is 11.5. The van der Waals surface area contributed by atoms with Crippen LogP contribution in [-0.4, -0.2) is 23.0 Å². The number of hydrogen-bond acceptors (Lipinski definition) is 6. The van der Waals surface area contributed by atoms with Crippen LogP contribution < -0.4 is 5.32 Å². The molecule has 0 spiro atoms. The van der Waals surface area contributed by atoms with Crippen LogP contribution in [0.1, 0.15) is 27.2 Å². The lowest BCUT2D eigenvalue weighted by Gasteiger charge is -2.08. The molecule has 5 nitrogen and oxygen atoms in total. The van der Waals surface area contributed by atoms with Crippen molar-refractivity contribution in [3.63, 3.8) is 0 Å². The van der Waals surface area contributed by atoms with Crippen LogP contribution in [0.25, 0.3) is 10.2 Å². The summed E-state index contributed by atoms with van der Waals surface area (Å²) in [5, 5.41) is 4.49. The van der Waals surface area contributed by atoms with E-state index in [1.54, 1.807) is 29.8 Å². The lowest BCUT2D eigenvalue weighted by atomic mass is 10.1. The van der Waals surface area contributed by atoms with Crippen LogP contribution in [0.2, 0.25) is 0 Å². The number of aromatic nitrogens is 2. The minimum Gasteiger partial charge on any atom is -0.465 e. The molecular formula is C17H15N3O2S. The van der Waals surface area contributed by atoms with Gasteiger partial charge in [-0.15, -0.1) is 11.3 Å². The van der Waals surface area contributed by atoms with E-state index in [4.69, 9.17) is 4.74 Å². The van der Waals surface area contributed by atoms with Gasteiger partial charge in [-0.05, 0) is 49.1 Å². The molecule has 2 aromatic heterocycles. The molecule has 0 atom stereocenters. The maximum atomic E-state index is 11.5. The number of benzene rings is 1. The lowest BCUT2D eigenvalue weighted by molar-refractivity contribution is 0.0601. The standard InChI is InChI=1S/C17H15N3O2S/c1-22-17(21)10-5-7-11(8-6-10)20-15-14-12-3-2-4-13(12)23-16(14)19-9-18-15/h5-9H,2-4H2,1H3,(H,18,19,20). The summed E-state index contributed by atoms with van der Waals surface area (Å²) in [6.45, 7) is 0. The largest absolute Gasteiger partial charge is 0.465 e. The highest BCUT2D eigenvalue weighted by Crippen LogP contribution is 2.39. The number of methoxy groups -OCH3 is 1. The van der Waals surface area contributed by atoms with Gasteiger partial charge in [0.25, 0.3) is 0 Å². The molecule has 1 aromatic carbocycles. The Bertz CT molecular complexity index is 887. The third kappa shape index (κ3) is 2.45. The first kappa shape index (κ1) is 14.1. The molecule has 1 aliphatic rings. The summed E-state index contributed by atoms with van der Waals surface area (Å²) in [6, 6.07) is 7.19. The Morgan fingerprint density at radius 2 is 2.04 bits per heavy atom. The van der Waals surface area contributed by atoms with Crippen LogP contribution in [0.5, 0.6) is 0 Å². The van der Waals surface area contributed by atoms with Crippen molar-refractivity contribution in [3.05, 3.63) is 46.6 Å². The van der Waals surface area contributed by atoms with E-state index in [1.807, 2.05) is 12.1 Å². The zero-order valence-corrected chi connectivity index (χ0v) is 13.4. The van der Waals surface area contributed by atoms with E-state index < -0.39 is 0 Å². The van der Waals surface area contributed by atoms with E-state index in [1.165, 1.54) is 24.0 Å². The quantitative estimate of drug-likeness (QED) is 0.744. The van der Waals surface area contributed by atoms with Gasteiger partial charge in [-0.3, -0.25) is 0 Å². The van der Waals surface area contributed by atoms with E-state index in [2.05, 4.69) is 15.3 Å². The second kappa shape index (κ2) is 5.62. The molecular weight excluding hydrogens is 310 g/mol. The highest BCUT2D eigenvalue weighted by Gasteiger charge is 2.21. The molecule has 1 N–H and O–H groups in total. The number of esters is 1. The minimum atomic E-state index is -0.336. The monoisotopic (exact) mass is 325 g/mol. The Morgan fingerprint density at radius 1 is 1.22 bits per heavy atom. The fourth-order valence-corrected chi connectivity index (χ4v) is 4.20. The second-order valence-electron chi connectivity index (χ2n) is 5.45. The predicted octanol–water partition coefficient (Wildman–Crippen LogP) is 3.71. The van der Waals surface area contributed by atoms with E-state index in [0.717, 1.165) is 34.6 Å². The van der Waals surface area contributed by atoms with Gasteiger partial charge >= 0.3 is 5.97 Å². The molecule has 0 saturated carbocycles. The van der Waals surface area contributed by atoms with Gasteiger partial charge in [0.1, 0.15) is 17.0 Å². The summed E-state index contributed by atoms with van der Waals surface area (Å²) in [7, 11) is 1.38. The Hall–Kier alpha value is -2.47. The number of hydrogen-bond donors (Lipinski definition) is 1. The molecule has 116 valence electrons. The summed E-state index contributed by atoms with van der Waals surface area (Å²) < 4.78 is 4.71. The van der Waals surface area contributed by atoms with Gasteiger partial charge in [-0.2, -0.15) is 0 Å². The molecule has 0 fully saturated rings. The summed E-state index contributed by atoms with van der Waals surface area (Å²) >= 11 is 1.77. The van der Waals surface area contributed by atoms with Crippen LogP contribution in [0, 0.1) is 0 Å². The van der Waals surface area contributed by atoms with E-state index in [-0.39, 0.29) is 5.97 Å². The van der Waals surface area contributed by atoms with Crippen LogP contribution >= 0.6 is 11.3 Å². The summed E-state index contributed by atoms with van der Waals surface area (Å²) in [6.07, 6.45) is 5.04. The normalized spacial score (nSPS) is 13.1. The number of carbonyl (C=O) groups excluding carboxylic acids is 1. The molecule has 0 bridgehead atoms. The number of ether oxygens (including phenoxy) is 1. The van der Waals surface area contributed by atoms with Crippen LogP contribution in [0.3, 0.4) is 0 Å². The maximum Gasteiger partial charge on any atom is 0.337 e. The van der Waals surface area contributed by atoms with E-state index in [0.29, 0.717) is 5.56 Å². The number of thiophene rings is 1. The molecule has 3 aromatic rings. The van der Waals surface area contributed by atoms with Crippen molar-refractivity contribution in [1.82, 2.24) is 9.97 Å². The molecule has 0 radical (unpaired) electrons. The number of rotatable bonds is 3. The first-order chi connectivity index (χ1) is 11.3. The fourth-order valence-electron chi connectivity index (χ4n) is 2.97. The smallest absolute Gasteiger partial charge is 0.337 e. The molecule has 0 saturated heterocycles. The number of anilines is 2. The highest BCUT2D eigenvalue weighted by atomic mass is 32.1. The van der Waals surface area contributed by atoms with Crippen molar-refractivity contribution in [3.8, 4) is 0 Å². The van der Waals surface area contributed by atoms with Gasteiger partial charge in [-0.1, -0.05) is 0 Å². The molecule has 2 heterocycles. The Kier molecular flexibility index (Phi) is 3.46. The number of nitrogens with zero attached hydrogens (tertiary/aromatic N) is 2. The lowest BCUT2D eigenvalue weighted by Crippen LogP contribution is -2.01. The average molecular weight is 325 g/mol. The Morgan fingerprint density at radius 3 is 2.83 bits per heavy atom. The number of nitrogens with one attached hydrogen (secondary N) is 1. The molecule has 0 amide bonds. The van der Waals surface area contributed by atoms with Crippen molar-refractivity contribution in [2.24, 2.45) is 0 Å². The van der Waals surface area contributed by atoms with Crippen molar-refractivity contribution in [2.75, 3.05) is 12.4 Å². The Balaban J connectivity index is 1.69. The van der Waals surface area contributed by atoms with Gasteiger partial charge in [0.15, 0.2) is 0 Å². The van der Waals surface area contributed by atoms with Crippen molar-refractivity contribution in [2.45, 2.75) is 19.3 Å². The molecule has 0 unspecified atom stereocenters. The third-order valence-corrected chi connectivity index (χ3v) is 5.27. The van der Waals surface area contributed by atoms with Crippen LogP contribution in [0.4, 0.5) is 11.5 Å². The first-order valence-corrected chi connectivity index (χ1v) is 8.28. The van der Waals surface area contributed by atoms with Gasteiger partial charge < -0.3 is 10.1 Å². The van der Waals surface area contributed by atoms with Crippen LogP contribution in [0.15, 0.2) is 30.6 Å².